The monoisotopic (exact) mass is 512 g/mol. The van der Waals surface area contributed by atoms with Crippen molar-refractivity contribution in [2.24, 2.45) is 0 Å². The van der Waals surface area contributed by atoms with Crippen molar-refractivity contribution in [2.75, 3.05) is 12.8 Å². The maximum Gasteiger partial charge on any atom is 0.410 e. The fourth-order valence-electron chi connectivity index (χ4n) is 4.22. The van der Waals surface area contributed by atoms with Gasteiger partial charge in [-0.25, -0.2) is 24.1 Å². The molecule has 0 saturated carbocycles. The van der Waals surface area contributed by atoms with E-state index in [1.165, 1.54) is 16.4 Å². The van der Waals surface area contributed by atoms with E-state index >= 15 is 0 Å². The Bertz CT molecular complexity index is 1330. The lowest BCUT2D eigenvalue weighted by Gasteiger charge is -2.38. The number of ether oxygens (including phenoxy) is 2. The van der Waals surface area contributed by atoms with Gasteiger partial charge in [0.05, 0.1) is 6.54 Å². The molecule has 2 atom stereocenters. The number of thioether (sulfide) groups is 1. The van der Waals surface area contributed by atoms with E-state index in [-0.39, 0.29) is 30.3 Å². The third-order valence-electron chi connectivity index (χ3n) is 5.81. The Kier molecular flexibility index (Phi) is 7.39. The minimum Gasteiger partial charge on any atom is -0.474 e. The molecule has 36 heavy (non-hydrogen) atoms. The zero-order valence-electron chi connectivity index (χ0n) is 21.3. The van der Waals surface area contributed by atoms with Crippen LogP contribution in [0.15, 0.2) is 47.0 Å². The maximum absolute atomic E-state index is 13.0. The van der Waals surface area contributed by atoms with Crippen LogP contribution in [0.4, 0.5) is 4.79 Å². The molecule has 0 aromatic carbocycles. The minimum atomic E-state index is -0.537. The Morgan fingerprint density at radius 2 is 2.08 bits per heavy atom. The van der Waals surface area contributed by atoms with Crippen molar-refractivity contribution in [1.82, 2.24) is 29.2 Å². The third kappa shape index (κ3) is 5.40. The number of aromatic nitrogens is 5. The van der Waals surface area contributed by atoms with E-state index in [1.54, 1.807) is 34.0 Å². The van der Waals surface area contributed by atoms with Crippen molar-refractivity contribution in [1.29, 1.82) is 0 Å². The van der Waals surface area contributed by atoms with Gasteiger partial charge in [-0.2, -0.15) is 4.98 Å². The SMILES string of the molecule is C=CCn1c(=O)c2cnc(SC)nc2n1-c1cccc(O[C@@H]2CCN(C(=O)OC(C)(C)C)[C@@H](C)C2)n1. The molecule has 1 aliphatic heterocycles. The lowest BCUT2D eigenvalue weighted by molar-refractivity contribution is -0.00150. The summed E-state index contributed by atoms with van der Waals surface area (Å²) in [5.74, 6) is 0.945. The van der Waals surface area contributed by atoms with E-state index in [2.05, 4.69) is 16.5 Å². The van der Waals surface area contributed by atoms with Crippen molar-refractivity contribution in [2.45, 2.75) is 70.0 Å². The summed E-state index contributed by atoms with van der Waals surface area (Å²) in [5.41, 5.74) is -0.274. The van der Waals surface area contributed by atoms with Gasteiger partial charge in [0.25, 0.3) is 5.56 Å². The number of carbonyl (C=O) groups excluding carboxylic acids is 1. The molecule has 1 fully saturated rings. The molecule has 11 heteroatoms. The van der Waals surface area contributed by atoms with Crippen molar-refractivity contribution in [3.8, 4) is 11.7 Å². The molecule has 3 aromatic rings. The van der Waals surface area contributed by atoms with Crippen LogP contribution in [0.5, 0.6) is 5.88 Å². The fourth-order valence-corrected chi connectivity index (χ4v) is 4.55. The van der Waals surface area contributed by atoms with E-state index in [1.807, 2.05) is 40.0 Å². The zero-order valence-corrected chi connectivity index (χ0v) is 22.1. The van der Waals surface area contributed by atoms with Crippen LogP contribution >= 0.6 is 11.8 Å². The van der Waals surface area contributed by atoms with Crippen LogP contribution in [0.3, 0.4) is 0 Å². The number of carbonyl (C=O) groups is 1. The van der Waals surface area contributed by atoms with E-state index in [0.29, 0.717) is 47.3 Å². The van der Waals surface area contributed by atoms with E-state index in [9.17, 15) is 9.59 Å². The molecule has 1 aliphatic rings. The Balaban J connectivity index is 1.58. The molecule has 0 unspecified atom stereocenters. The van der Waals surface area contributed by atoms with Gasteiger partial charge in [-0.1, -0.05) is 23.9 Å². The Morgan fingerprint density at radius 1 is 1.31 bits per heavy atom. The molecule has 4 rings (SSSR count). The summed E-state index contributed by atoms with van der Waals surface area (Å²) < 4.78 is 15.0. The summed E-state index contributed by atoms with van der Waals surface area (Å²) in [6, 6.07) is 5.40. The molecule has 4 heterocycles. The first kappa shape index (κ1) is 25.7. The van der Waals surface area contributed by atoms with E-state index in [4.69, 9.17) is 14.5 Å². The molecular formula is C25H32N6O4S. The van der Waals surface area contributed by atoms with Gasteiger partial charge >= 0.3 is 6.09 Å². The number of hydrogen-bond donors (Lipinski definition) is 0. The predicted molar refractivity (Wildman–Crippen MR) is 139 cm³/mol. The number of hydrogen-bond acceptors (Lipinski definition) is 8. The van der Waals surface area contributed by atoms with E-state index in [0.717, 1.165) is 0 Å². The molecule has 1 amide bonds. The van der Waals surface area contributed by atoms with Crippen LogP contribution in [0.1, 0.15) is 40.5 Å². The highest BCUT2D eigenvalue weighted by molar-refractivity contribution is 7.98. The number of likely N-dealkylation sites (tertiary alicyclic amines) is 1. The molecule has 0 bridgehead atoms. The Morgan fingerprint density at radius 3 is 2.75 bits per heavy atom. The van der Waals surface area contributed by atoms with Crippen molar-refractivity contribution in [3.63, 3.8) is 0 Å². The second-order valence-electron chi connectivity index (χ2n) is 9.70. The summed E-state index contributed by atoms with van der Waals surface area (Å²) in [5, 5.41) is 0.969. The number of allylic oxidation sites excluding steroid dienone is 1. The van der Waals surface area contributed by atoms with Gasteiger partial charge in [0.2, 0.25) is 5.88 Å². The number of nitrogens with zero attached hydrogens (tertiary/aromatic N) is 6. The number of rotatable bonds is 6. The summed E-state index contributed by atoms with van der Waals surface area (Å²) in [4.78, 5) is 40.8. The Hall–Kier alpha value is -3.34. The van der Waals surface area contributed by atoms with Gasteiger partial charge in [0, 0.05) is 37.7 Å². The number of pyridine rings is 1. The number of piperidine rings is 1. The van der Waals surface area contributed by atoms with Crippen LogP contribution in [0.2, 0.25) is 0 Å². The smallest absolute Gasteiger partial charge is 0.410 e. The molecule has 192 valence electrons. The molecule has 0 radical (unpaired) electrons. The fraction of sp³-hybridized carbons (Fsp3) is 0.480. The second-order valence-corrected chi connectivity index (χ2v) is 10.5. The van der Waals surface area contributed by atoms with Crippen LogP contribution in [0, 0.1) is 0 Å². The lowest BCUT2D eigenvalue weighted by atomic mass is 10.0. The average Bonchev–Trinajstić information content (AvgIpc) is 3.09. The first-order chi connectivity index (χ1) is 17.1. The first-order valence-corrected chi connectivity index (χ1v) is 13.1. The topological polar surface area (TPSA) is 104 Å². The second kappa shape index (κ2) is 10.3. The highest BCUT2D eigenvalue weighted by atomic mass is 32.2. The largest absolute Gasteiger partial charge is 0.474 e. The zero-order chi connectivity index (χ0) is 26.0. The van der Waals surface area contributed by atoms with Gasteiger partial charge in [-0.05, 0) is 40.0 Å². The molecule has 10 nitrogen and oxygen atoms in total. The van der Waals surface area contributed by atoms with Crippen molar-refractivity contribution in [3.05, 3.63) is 47.4 Å². The van der Waals surface area contributed by atoms with Gasteiger partial charge in [-0.3, -0.25) is 4.79 Å². The predicted octanol–water partition coefficient (Wildman–Crippen LogP) is 4.05. The Labute approximate surface area is 214 Å². The normalized spacial score (nSPS) is 18.3. The van der Waals surface area contributed by atoms with Crippen LogP contribution in [-0.4, -0.2) is 65.9 Å². The molecule has 0 aliphatic carbocycles. The molecule has 0 spiro atoms. The number of fused-ring (bicyclic) bond motifs is 1. The van der Waals surface area contributed by atoms with Crippen molar-refractivity contribution >= 4 is 28.9 Å². The summed E-state index contributed by atoms with van der Waals surface area (Å²) in [6.07, 6.45) is 5.98. The van der Waals surface area contributed by atoms with Gasteiger partial charge in [0.15, 0.2) is 16.6 Å². The first-order valence-electron chi connectivity index (χ1n) is 11.9. The van der Waals surface area contributed by atoms with Gasteiger partial charge < -0.3 is 14.4 Å². The average molecular weight is 513 g/mol. The minimum absolute atomic E-state index is 0.0328. The summed E-state index contributed by atoms with van der Waals surface area (Å²) >= 11 is 1.40. The van der Waals surface area contributed by atoms with Crippen LogP contribution < -0.4 is 10.3 Å². The van der Waals surface area contributed by atoms with Crippen molar-refractivity contribution < 1.29 is 14.3 Å². The third-order valence-corrected chi connectivity index (χ3v) is 6.37. The summed E-state index contributed by atoms with van der Waals surface area (Å²) in [7, 11) is 0. The maximum atomic E-state index is 13.0. The molecular weight excluding hydrogens is 480 g/mol. The highest BCUT2D eigenvalue weighted by Gasteiger charge is 2.33. The van der Waals surface area contributed by atoms with Gasteiger partial charge in [-0.15, -0.1) is 6.58 Å². The van der Waals surface area contributed by atoms with Crippen LogP contribution in [-0.2, 0) is 11.3 Å². The standard InChI is InChI=1S/C25H32N6O4S/c1-7-12-30-22(32)18-15-26-23(36-6)28-21(18)31(30)19-9-8-10-20(27-19)34-17-11-13-29(16(2)14-17)24(33)35-25(3,4)5/h7-10,15-17H,1,11-14H2,2-6H3/t16-,17+/m0/s1. The highest BCUT2D eigenvalue weighted by Crippen LogP contribution is 2.25. The van der Waals surface area contributed by atoms with Crippen LogP contribution in [0.25, 0.3) is 16.9 Å². The molecule has 0 N–H and O–H groups in total. The van der Waals surface area contributed by atoms with E-state index < -0.39 is 5.60 Å². The lowest BCUT2D eigenvalue weighted by Crippen LogP contribution is -2.49. The summed E-state index contributed by atoms with van der Waals surface area (Å²) in [6.45, 7) is 12.2. The quantitative estimate of drug-likeness (QED) is 0.277. The molecule has 1 saturated heterocycles. The number of amides is 1. The molecule has 3 aromatic heterocycles. The van der Waals surface area contributed by atoms with Gasteiger partial charge in [0.1, 0.15) is 17.1 Å².